The smallest absolute Gasteiger partial charge is 0.0882 e. The zero-order valence-electron chi connectivity index (χ0n) is 9.59. The quantitative estimate of drug-likeness (QED) is 0.644. The number of benzene rings is 2. The molecule has 1 aromatic heterocycles. The van der Waals surface area contributed by atoms with E-state index in [0.29, 0.717) is 0 Å². The van der Waals surface area contributed by atoms with Crippen LogP contribution in [0.4, 0.5) is 5.69 Å². The van der Waals surface area contributed by atoms with Gasteiger partial charge in [0.05, 0.1) is 23.1 Å². The Balaban J connectivity index is 2.27. The largest absolute Gasteiger partial charge is 0.397 e. The molecule has 0 atom stereocenters. The predicted octanol–water partition coefficient (Wildman–Crippen LogP) is 2.92. The summed E-state index contributed by atoms with van der Waals surface area (Å²) in [6.07, 6.45) is 1.86. The third kappa shape index (κ3) is 1.56. The standard InChI is InChI=1S/C14H13N3/c1-10-6-7-14(12(15)8-10)17-13-5-3-2-4-11(13)9-16-17/h2-9H,15H2,1H3. The molecule has 0 saturated heterocycles. The van der Waals surface area contributed by atoms with Gasteiger partial charge in [0.15, 0.2) is 0 Å². The second-order valence-corrected chi connectivity index (χ2v) is 4.18. The van der Waals surface area contributed by atoms with Crippen LogP contribution in [0.1, 0.15) is 5.56 Å². The van der Waals surface area contributed by atoms with Crippen molar-refractivity contribution in [3.05, 3.63) is 54.2 Å². The highest BCUT2D eigenvalue weighted by Crippen LogP contribution is 2.22. The van der Waals surface area contributed by atoms with Gasteiger partial charge in [0.25, 0.3) is 0 Å². The highest BCUT2D eigenvalue weighted by molar-refractivity contribution is 5.81. The minimum absolute atomic E-state index is 0.749. The number of nitrogens with zero attached hydrogens (tertiary/aromatic N) is 2. The predicted molar refractivity (Wildman–Crippen MR) is 70.2 cm³/mol. The van der Waals surface area contributed by atoms with Crippen LogP contribution in [0.3, 0.4) is 0 Å². The van der Waals surface area contributed by atoms with E-state index in [2.05, 4.69) is 5.10 Å². The van der Waals surface area contributed by atoms with Crippen LogP contribution < -0.4 is 5.73 Å². The van der Waals surface area contributed by atoms with Crippen LogP contribution in [0.25, 0.3) is 16.6 Å². The number of nitrogen functional groups attached to an aromatic ring is 1. The monoisotopic (exact) mass is 223 g/mol. The Morgan fingerprint density at radius 2 is 1.94 bits per heavy atom. The van der Waals surface area contributed by atoms with Crippen molar-refractivity contribution >= 4 is 16.6 Å². The number of para-hydroxylation sites is 1. The van der Waals surface area contributed by atoms with E-state index in [1.54, 1.807) is 0 Å². The number of anilines is 1. The van der Waals surface area contributed by atoms with Crippen LogP contribution in [0.15, 0.2) is 48.7 Å². The first-order valence-electron chi connectivity index (χ1n) is 5.55. The molecule has 0 bridgehead atoms. The van der Waals surface area contributed by atoms with Crippen molar-refractivity contribution in [1.82, 2.24) is 9.78 Å². The Labute approximate surface area is 99.5 Å². The molecule has 3 rings (SSSR count). The lowest BCUT2D eigenvalue weighted by Gasteiger charge is -2.07. The lowest BCUT2D eigenvalue weighted by atomic mass is 10.2. The van der Waals surface area contributed by atoms with Gasteiger partial charge in [-0.25, -0.2) is 4.68 Å². The Kier molecular flexibility index (Phi) is 2.11. The molecule has 0 amide bonds. The second-order valence-electron chi connectivity index (χ2n) is 4.18. The molecule has 0 saturated carbocycles. The summed E-state index contributed by atoms with van der Waals surface area (Å²) < 4.78 is 1.88. The number of fused-ring (bicyclic) bond motifs is 1. The van der Waals surface area contributed by atoms with Crippen molar-refractivity contribution in [2.24, 2.45) is 0 Å². The van der Waals surface area contributed by atoms with Crippen molar-refractivity contribution in [1.29, 1.82) is 0 Å². The van der Waals surface area contributed by atoms with Crippen molar-refractivity contribution < 1.29 is 0 Å². The van der Waals surface area contributed by atoms with E-state index in [1.807, 2.05) is 60.3 Å². The molecule has 1 heterocycles. The normalized spacial score (nSPS) is 10.9. The van der Waals surface area contributed by atoms with Gasteiger partial charge in [-0.2, -0.15) is 5.10 Å². The number of hydrogen-bond acceptors (Lipinski definition) is 2. The van der Waals surface area contributed by atoms with Crippen LogP contribution >= 0.6 is 0 Å². The topological polar surface area (TPSA) is 43.8 Å². The Morgan fingerprint density at radius 1 is 1.12 bits per heavy atom. The van der Waals surface area contributed by atoms with Gasteiger partial charge in [-0.05, 0) is 30.7 Å². The minimum Gasteiger partial charge on any atom is -0.397 e. The summed E-state index contributed by atoms with van der Waals surface area (Å²) in [6.45, 7) is 2.03. The van der Waals surface area contributed by atoms with Gasteiger partial charge in [0.2, 0.25) is 0 Å². The van der Waals surface area contributed by atoms with Crippen LogP contribution in [-0.2, 0) is 0 Å². The molecule has 3 aromatic rings. The van der Waals surface area contributed by atoms with Gasteiger partial charge < -0.3 is 5.73 Å². The average Bonchev–Trinajstić information content (AvgIpc) is 2.73. The molecule has 0 unspecified atom stereocenters. The third-order valence-corrected chi connectivity index (χ3v) is 2.89. The summed E-state index contributed by atoms with van der Waals surface area (Å²) in [6, 6.07) is 14.1. The van der Waals surface area contributed by atoms with Crippen LogP contribution in [0.2, 0.25) is 0 Å². The fourth-order valence-electron chi connectivity index (χ4n) is 2.03. The molecule has 0 fully saturated rings. The Morgan fingerprint density at radius 3 is 2.76 bits per heavy atom. The summed E-state index contributed by atoms with van der Waals surface area (Å²) in [7, 11) is 0. The van der Waals surface area contributed by atoms with Crippen molar-refractivity contribution in [3.8, 4) is 5.69 Å². The van der Waals surface area contributed by atoms with E-state index in [0.717, 1.165) is 27.8 Å². The van der Waals surface area contributed by atoms with Crippen LogP contribution in [0, 0.1) is 6.92 Å². The molecule has 84 valence electrons. The lowest BCUT2D eigenvalue weighted by molar-refractivity contribution is 0.912. The molecule has 0 radical (unpaired) electrons. The number of nitrogens with two attached hydrogens (primary N) is 1. The molecule has 0 aliphatic carbocycles. The van der Waals surface area contributed by atoms with Crippen LogP contribution in [-0.4, -0.2) is 9.78 Å². The maximum Gasteiger partial charge on any atom is 0.0882 e. The van der Waals surface area contributed by atoms with Gasteiger partial charge in [-0.15, -0.1) is 0 Å². The molecule has 0 spiro atoms. The zero-order chi connectivity index (χ0) is 11.8. The van der Waals surface area contributed by atoms with Gasteiger partial charge in [0, 0.05) is 5.39 Å². The van der Waals surface area contributed by atoms with E-state index in [-0.39, 0.29) is 0 Å². The van der Waals surface area contributed by atoms with E-state index in [1.165, 1.54) is 0 Å². The lowest BCUT2D eigenvalue weighted by Crippen LogP contribution is -2.01. The summed E-state index contributed by atoms with van der Waals surface area (Å²) in [5, 5.41) is 5.51. The average molecular weight is 223 g/mol. The van der Waals surface area contributed by atoms with Gasteiger partial charge in [-0.1, -0.05) is 24.3 Å². The minimum atomic E-state index is 0.749. The first-order valence-corrected chi connectivity index (χ1v) is 5.55. The van der Waals surface area contributed by atoms with Crippen molar-refractivity contribution in [2.75, 3.05) is 5.73 Å². The Bertz CT molecular complexity index is 683. The summed E-state index contributed by atoms with van der Waals surface area (Å²) in [5.41, 5.74) is 9.95. The number of aromatic nitrogens is 2. The highest BCUT2D eigenvalue weighted by Gasteiger charge is 2.06. The fraction of sp³-hybridized carbons (Fsp3) is 0.0714. The molecule has 3 nitrogen and oxygen atoms in total. The third-order valence-electron chi connectivity index (χ3n) is 2.89. The first kappa shape index (κ1) is 9.90. The molecule has 0 aliphatic rings. The number of rotatable bonds is 1. The number of aryl methyl sites for hydroxylation is 1. The maximum absolute atomic E-state index is 6.04. The molecule has 0 aliphatic heterocycles. The SMILES string of the molecule is Cc1ccc(-n2ncc3ccccc32)c(N)c1. The molecule has 3 heteroatoms. The molecule has 2 N–H and O–H groups in total. The van der Waals surface area contributed by atoms with Gasteiger partial charge >= 0.3 is 0 Å². The molecular formula is C14H13N3. The summed E-state index contributed by atoms with van der Waals surface area (Å²) >= 11 is 0. The molecule has 17 heavy (non-hydrogen) atoms. The number of hydrogen-bond donors (Lipinski definition) is 1. The van der Waals surface area contributed by atoms with Gasteiger partial charge in [0.1, 0.15) is 0 Å². The van der Waals surface area contributed by atoms with Crippen LogP contribution in [0.5, 0.6) is 0 Å². The van der Waals surface area contributed by atoms with E-state index >= 15 is 0 Å². The Hall–Kier alpha value is -2.29. The van der Waals surface area contributed by atoms with Gasteiger partial charge in [-0.3, -0.25) is 0 Å². The summed E-state index contributed by atoms with van der Waals surface area (Å²) in [5.74, 6) is 0. The van der Waals surface area contributed by atoms with E-state index in [4.69, 9.17) is 5.73 Å². The summed E-state index contributed by atoms with van der Waals surface area (Å²) in [4.78, 5) is 0. The zero-order valence-corrected chi connectivity index (χ0v) is 9.59. The highest BCUT2D eigenvalue weighted by atomic mass is 15.3. The molecule has 2 aromatic carbocycles. The van der Waals surface area contributed by atoms with E-state index < -0.39 is 0 Å². The fourth-order valence-corrected chi connectivity index (χ4v) is 2.03. The maximum atomic E-state index is 6.04. The van der Waals surface area contributed by atoms with E-state index in [9.17, 15) is 0 Å². The van der Waals surface area contributed by atoms with Crippen molar-refractivity contribution in [2.45, 2.75) is 6.92 Å². The van der Waals surface area contributed by atoms with Crippen molar-refractivity contribution in [3.63, 3.8) is 0 Å². The molecular weight excluding hydrogens is 210 g/mol. The second kappa shape index (κ2) is 3.63. The first-order chi connectivity index (χ1) is 8.25.